The Balaban J connectivity index is 2.66. The van der Waals surface area contributed by atoms with Crippen molar-refractivity contribution in [2.75, 3.05) is 6.54 Å². The largest absolute Gasteiger partial charge is 0.344 e. The van der Waals surface area contributed by atoms with E-state index in [0.717, 1.165) is 6.42 Å². The van der Waals surface area contributed by atoms with E-state index in [4.69, 9.17) is 5.73 Å². The fourth-order valence-corrected chi connectivity index (χ4v) is 1.81. The van der Waals surface area contributed by atoms with Crippen LogP contribution in [0.15, 0.2) is 12.3 Å². The molecule has 1 amide bonds. The number of nitrogens with zero attached hydrogens (tertiary/aromatic N) is 1. The third-order valence-electron chi connectivity index (χ3n) is 2.47. The monoisotopic (exact) mass is 224 g/mol. The number of nitrogens with one attached hydrogen (secondary N) is 2. The summed E-state index contributed by atoms with van der Waals surface area (Å²) < 4.78 is 0. The van der Waals surface area contributed by atoms with Crippen LogP contribution in [0.5, 0.6) is 0 Å². The lowest BCUT2D eigenvalue weighted by Crippen LogP contribution is -2.52. The van der Waals surface area contributed by atoms with Crippen LogP contribution in [-0.2, 0) is 0 Å². The Kier molecular flexibility index (Phi) is 4.06. The summed E-state index contributed by atoms with van der Waals surface area (Å²) in [6, 6.07) is 1.64. The van der Waals surface area contributed by atoms with Gasteiger partial charge < -0.3 is 11.1 Å². The van der Waals surface area contributed by atoms with Gasteiger partial charge in [0.15, 0.2) is 0 Å². The first-order valence-electron chi connectivity index (χ1n) is 5.49. The number of rotatable bonds is 5. The molecule has 1 aromatic rings. The van der Waals surface area contributed by atoms with Crippen LogP contribution < -0.4 is 11.1 Å². The zero-order valence-electron chi connectivity index (χ0n) is 10.1. The summed E-state index contributed by atoms with van der Waals surface area (Å²) in [6.07, 6.45) is 2.40. The van der Waals surface area contributed by atoms with E-state index < -0.39 is 0 Å². The van der Waals surface area contributed by atoms with Gasteiger partial charge >= 0.3 is 0 Å². The number of nitrogens with two attached hydrogens (primary N) is 1. The van der Waals surface area contributed by atoms with E-state index in [0.29, 0.717) is 18.2 Å². The molecule has 0 aliphatic rings. The number of H-pyrrole nitrogens is 1. The van der Waals surface area contributed by atoms with E-state index >= 15 is 0 Å². The molecule has 0 spiro atoms. The molecule has 0 aliphatic carbocycles. The second-order valence-corrected chi connectivity index (χ2v) is 4.79. The number of carbonyl (C=O) groups is 1. The lowest BCUT2D eigenvalue weighted by molar-refractivity contribution is 0.0893. The fourth-order valence-electron chi connectivity index (χ4n) is 1.81. The van der Waals surface area contributed by atoms with Crippen molar-refractivity contribution in [1.82, 2.24) is 15.5 Å². The summed E-state index contributed by atoms with van der Waals surface area (Å²) in [5.41, 5.74) is 5.81. The number of carbonyl (C=O) groups excluding carboxylic acids is 1. The van der Waals surface area contributed by atoms with Crippen molar-refractivity contribution in [3.8, 4) is 0 Å². The van der Waals surface area contributed by atoms with Gasteiger partial charge in [-0.2, -0.15) is 5.10 Å². The Hall–Kier alpha value is -1.36. The molecule has 16 heavy (non-hydrogen) atoms. The molecule has 5 heteroatoms. The summed E-state index contributed by atoms with van der Waals surface area (Å²) in [4.78, 5) is 11.8. The Labute approximate surface area is 95.8 Å². The van der Waals surface area contributed by atoms with Gasteiger partial charge in [-0.1, -0.05) is 13.8 Å². The molecular weight excluding hydrogens is 204 g/mol. The summed E-state index contributed by atoms with van der Waals surface area (Å²) in [5, 5.41) is 9.32. The van der Waals surface area contributed by atoms with Gasteiger partial charge in [0.2, 0.25) is 0 Å². The van der Waals surface area contributed by atoms with Gasteiger partial charge in [-0.15, -0.1) is 0 Å². The van der Waals surface area contributed by atoms with E-state index in [-0.39, 0.29) is 11.4 Å². The molecule has 0 radical (unpaired) electrons. The minimum absolute atomic E-state index is 0.161. The van der Waals surface area contributed by atoms with Crippen molar-refractivity contribution < 1.29 is 4.79 Å². The van der Waals surface area contributed by atoms with Crippen molar-refractivity contribution >= 4 is 5.91 Å². The first-order chi connectivity index (χ1) is 7.47. The van der Waals surface area contributed by atoms with E-state index in [1.54, 1.807) is 12.3 Å². The van der Waals surface area contributed by atoms with Gasteiger partial charge in [0, 0.05) is 12.7 Å². The number of hydrogen-bond acceptors (Lipinski definition) is 3. The third-order valence-corrected chi connectivity index (χ3v) is 2.47. The average molecular weight is 224 g/mol. The highest BCUT2D eigenvalue weighted by Crippen LogP contribution is 2.15. The van der Waals surface area contributed by atoms with Crippen molar-refractivity contribution in [3.05, 3.63) is 18.0 Å². The number of aromatic amines is 1. The normalized spacial score (nSPS) is 14.8. The molecule has 1 heterocycles. The van der Waals surface area contributed by atoms with Gasteiger partial charge in [-0.25, -0.2) is 0 Å². The first kappa shape index (κ1) is 12.7. The molecule has 0 aliphatic heterocycles. The predicted molar refractivity (Wildman–Crippen MR) is 63.0 cm³/mol. The lowest BCUT2D eigenvalue weighted by atomic mass is 9.90. The van der Waals surface area contributed by atoms with Crippen LogP contribution in [-0.4, -0.2) is 28.2 Å². The van der Waals surface area contributed by atoms with Gasteiger partial charge in [0.25, 0.3) is 5.91 Å². The maximum atomic E-state index is 11.8. The topological polar surface area (TPSA) is 83.8 Å². The highest BCUT2D eigenvalue weighted by atomic mass is 16.2. The molecule has 1 unspecified atom stereocenters. The van der Waals surface area contributed by atoms with Crippen LogP contribution >= 0.6 is 0 Å². The Morgan fingerprint density at radius 1 is 1.69 bits per heavy atom. The summed E-state index contributed by atoms with van der Waals surface area (Å²) in [7, 11) is 0. The fraction of sp³-hybridized carbons (Fsp3) is 0.636. The van der Waals surface area contributed by atoms with Gasteiger partial charge in [0.05, 0.1) is 5.54 Å². The average Bonchev–Trinajstić information content (AvgIpc) is 2.69. The van der Waals surface area contributed by atoms with E-state index in [9.17, 15) is 4.79 Å². The molecule has 0 saturated carbocycles. The van der Waals surface area contributed by atoms with E-state index in [2.05, 4.69) is 29.4 Å². The number of aromatic nitrogens is 2. The van der Waals surface area contributed by atoms with Crippen LogP contribution in [0.3, 0.4) is 0 Å². The third kappa shape index (κ3) is 3.34. The van der Waals surface area contributed by atoms with Crippen LogP contribution in [0, 0.1) is 5.92 Å². The zero-order chi connectivity index (χ0) is 12.2. The molecule has 5 nitrogen and oxygen atoms in total. The Morgan fingerprint density at radius 2 is 2.38 bits per heavy atom. The predicted octanol–water partition coefficient (Wildman–Crippen LogP) is 0.903. The van der Waals surface area contributed by atoms with E-state index in [1.807, 2.05) is 6.92 Å². The lowest BCUT2D eigenvalue weighted by Gasteiger charge is -2.30. The molecule has 4 N–H and O–H groups in total. The second-order valence-electron chi connectivity index (χ2n) is 4.79. The smallest absolute Gasteiger partial charge is 0.269 e. The molecular formula is C11H20N4O. The van der Waals surface area contributed by atoms with Crippen molar-refractivity contribution in [1.29, 1.82) is 0 Å². The van der Waals surface area contributed by atoms with Gasteiger partial charge in [0.1, 0.15) is 5.69 Å². The number of amides is 1. The molecule has 90 valence electrons. The maximum absolute atomic E-state index is 11.8. The van der Waals surface area contributed by atoms with E-state index in [1.165, 1.54) is 0 Å². The summed E-state index contributed by atoms with van der Waals surface area (Å²) in [5.74, 6) is 0.321. The Morgan fingerprint density at radius 3 is 2.81 bits per heavy atom. The quantitative estimate of drug-likeness (QED) is 0.695. The van der Waals surface area contributed by atoms with Crippen LogP contribution in [0.25, 0.3) is 0 Å². The number of hydrogen-bond donors (Lipinski definition) is 3. The molecule has 0 fully saturated rings. The minimum atomic E-state index is -0.365. The van der Waals surface area contributed by atoms with Crippen molar-refractivity contribution in [2.24, 2.45) is 11.7 Å². The first-order valence-corrected chi connectivity index (χ1v) is 5.49. The highest BCUT2D eigenvalue weighted by Gasteiger charge is 2.26. The SMILES string of the molecule is CC(C)CC(C)(CN)NC(=O)c1ccn[nH]1. The standard InChI is InChI=1S/C11H20N4O/c1-8(2)6-11(3,7-12)14-10(16)9-4-5-13-15-9/h4-5,8H,6-7,12H2,1-3H3,(H,13,15)(H,14,16). The van der Waals surface area contributed by atoms with Crippen LogP contribution in [0.4, 0.5) is 0 Å². The summed E-state index contributed by atoms with van der Waals surface area (Å²) >= 11 is 0. The summed E-state index contributed by atoms with van der Waals surface area (Å²) in [6.45, 7) is 6.60. The minimum Gasteiger partial charge on any atom is -0.344 e. The highest BCUT2D eigenvalue weighted by molar-refractivity contribution is 5.92. The molecule has 1 aromatic heterocycles. The maximum Gasteiger partial charge on any atom is 0.269 e. The van der Waals surface area contributed by atoms with Gasteiger partial charge in [-0.3, -0.25) is 9.89 Å². The van der Waals surface area contributed by atoms with Crippen LogP contribution in [0.2, 0.25) is 0 Å². The van der Waals surface area contributed by atoms with Crippen molar-refractivity contribution in [2.45, 2.75) is 32.7 Å². The molecule has 0 bridgehead atoms. The Bertz CT molecular complexity index is 334. The molecule has 0 saturated heterocycles. The van der Waals surface area contributed by atoms with Gasteiger partial charge in [-0.05, 0) is 25.3 Å². The van der Waals surface area contributed by atoms with Crippen LogP contribution in [0.1, 0.15) is 37.7 Å². The second kappa shape index (κ2) is 5.12. The van der Waals surface area contributed by atoms with Crippen molar-refractivity contribution in [3.63, 3.8) is 0 Å². The molecule has 1 atom stereocenters. The zero-order valence-corrected chi connectivity index (χ0v) is 10.1. The molecule has 0 aromatic carbocycles. The molecule has 1 rings (SSSR count).